The van der Waals surface area contributed by atoms with Crippen LogP contribution in [-0.4, -0.2) is 32.1 Å². The number of hydrogen-bond donors (Lipinski definition) is 2. The van der Waals surface area contributed by atoms with E-state index in [1.807, 2.05) is 12.1 Å². The minimum atomic E-state index is -2.05. The molecule has 2 aromatic carbocycles. The molecule has 0 fully saturated rings. The molecular weight excluding hydrogens is 458 g/mol. The quantitative estimate of drug-likeness (QED) is 0.524. The molecule has 0 bridgehead atoms. The summed E-state index contributed by atoms with van der Waals surface area (Å²) in [5.74, 6) is -0.369. The maximum atomic E-state index is 13.1. The minimum absolute atomic E-state index is 0.0437. The van der Waals surface area contributed by atoms with Gasteiger partial charge in [-0.2, -0.15) is 0 Å². The van der Waals surface area contributed by atoms with Gasteiger partial charge in [-0.25, -0.2) is 9.19 Å². The van der Waals surface area contributed by atoms with Gasteiger partial charge < -0.3 is 14.8 Å². The zero-order chi connectivity index (χ0) is 23.8. The molecule has 4 rings (SSSR count). The van der Waals surface area contributed by atoms with Crippen molar-refractivity contribution in [1.82, 2.24) is 4.98 Å². The number of hydrogen-bond acceptors (Lipinski definition) is 5. The van der Waals surface area contributed by atoms with Crippen molar-refractivity contribution in [3.05, 3.63) is 70.2 Å². The summed E-state index contributed by atoms with van der Waals surface area (Å²) >= 11 is -0.861. The molecule has 33 heavy (non-hydrogen) atoms. The van der Waals surface area contributed by atoms with Gasteiger partial charge in [0.2, 0.25) is 5.91 Å². The second kappa shape index (κ2) is 9.17. The molecule has 1 aliphatic heterocycles. The molecule has 0 spiro atoms. The molecular formula is C24H25N3O4S2. The number of nitrogens with zero attached hydrogens (tertiary/aromatic N) is 2. The number of rotatable bonds is 5. The summed E-state index contributed by atoms with van der Waals surface area (Å²) in [6.45, 7) is 7.00. The number of thiazole rings is 1. The molecule has 3 aromatic rings. The highest BCUT2D eigenvalue weighted by Crippen LogP contribution is 2.32. The van der Waals surface area contributed by atoms with E-state index in [4.69, 9.17) is 4.55 Å². The number of nitrogens with one attached hydrogen (secondary N) is 1. The molecule has 0 saturated heterocycles. The Kier molecular flexibility index (Phi) is 6.47. The highest BCUT2D eigenvalue weighted by molar-refractivity contribution is 7.79. The molecule has 1 unspecified atom stereocenters. The number of aromatic nitrogens is 1. The lowest BCUT2D eigenvalue weighted by molar-refractivity contribution is -0.115. The number of benzene rings is 2. The summed E-state index contributed by atoms with van der Waals surface area (Å²) < 4.78 is 20.1. The van der Waals surface area contributed by atoms with Gasteiger partial charge in [-0.3, -0.25) is 9.59 Å². The van der Waals surface area contributed by atoms with E-state index in [1.54, 1.807) is 17.0 Å². The summed E-state index contributed by atoms with van der Waals surface area (Å²) in [4.78, 5) is 32.6. The zero-order valence-electron chi connectivity index (χ0n) is 18.6. The molecule has 0 saturated carbocycles. The van der Waals surface area contributed by atoms with E-state index in [-0.39, 0.29) is 28.5 Å². The van der Waals surface area contributed by atoms with Crippen LogP contribution in [0.15, 0.2) is 53.4 Å². The third-order valence-corrected chi connectivity index (χ3v) is 7.17. The summed E-state index contributed by atoms with van der Waals surface area (Å²) in [6, 6.07) is 14.4. The monoisotopic (exact) mass is 483 g/mol. The van der Waals surface area contributed by atoms with Crippen molar-refractivity contribution in [3.8, 4) is 0 Å². The molecule has 0 aliphatic carbocycles. The largest absolute Gasteiger partial charge is 0.307 e. The van der Waals surface area contributed by atoms with Crippen molar-refractivity contribution in [2.75, 3.05) is 16.8 Å². The first-order chi connectivity index (χ1) is 15.6. The van der Waals surface area contributed by atoms with Gasteiger partial charge in [0.05, 0.1) is 17.0 Å². The van der Waals surface area contributed by atoms with Crippen LogP contribution in [0.1, 0.15) is 47.3 Å². The number of carbonyl (C=O) groups is 2. The predicted octanol–water partition coefficient (Wildman–Crippen LogP) is 4.41. The van der Waals surface area contributed by atoms with Gasteiger partial charge in [0.1, 0.15) is 4.88 Å². The fourth-order valence-electron chi connectivity index (χ4n) is 3.64. The van der Waals surface area contributed by atoms with Crippen LogP contribution in [0.25, 0.3) is 0 Å². The van der Waals surface area contributed by atoms with E-state index < -0.39 is 11.1 Å². The van der Waals surface area contributed by atoms with Crippen molar-refractivity contribution in [3.63, 3.8) is 0 Å². The fourth-order valence-corrected chi connectivity index (χ4v) is 4.99. The van der Waals surface area contributed by atoms with E-state index >= 15 is 0 Å². The number of carbonyl (C=O) groups excluding carboxylic acids is 2. The van der Waals surface area contributed by atoms with Crippen LogP contribution in [0.5, 0.6) is 0 Å². The molecule has 172 valence electrons. The van der Waals surface area contributed by atoms with Crippen LogP contribution in [0.2, 0.25) is 0 Å². The van der Waals surface area contributed by atoms with Gasteiger partial charge >= 0.3 is 0 Å². The summed E-state index contributed by atoms with van der Waals surface area (Å²) in [6.07, 6.45) is 0.719. The molecule has 1 atom stereocenters. The van der Waals surface area contributed by atoms with Crippen molar-refractivity contribution in [2.45, 2.75) is 43.9 Å². The fraction of sp³-hybridized carbons (Fsp3) is 0.292. The second-order valence-corrected chi connectivity index (χ2v) is 10.9. The van der Waals surface area contributed by atoms with Gasteiger partial charge in [0.15, 0.2) is 16.2 Å². The van der Waals surface area contributed by atoms with E-state index in [0.29, 0.717) is 34.2 Å². The summed E-state index contributed by atoms with van der Waals surface area (Å²) in [5, 5.41) is 3.17. The Morgan fingerprint density at radius 1 is 1.15 bits per heavy atom. The molecule has 0 radical (unpaired) electrons. The Hall–Kier alpha value is -2.88. The van der Waals surface area contributed by atoms with Crippen molar-refractivity contribution >= 4 is 45.1 Å². The standard InChI is InChI=1S/C24H25N3O4S2/c1-24(2,3)16-6-8-17(9-7-16)27-13-12-19-21(22(27)29)32-23(25-19)26-20(28)14-15-4-10-18(11-5-15)33(30)31/h4-11H,12-14H2,1-3H3,(H,30,31)(H,25,26,28). The van der Waals surface area contributed by atoms with Crippen LogP contribution in [0.4, 0.5) is 10.8 Å². The average molecular weight is 484 g/mol. The SMILES string of the molecule is CC(C)(C)c1ccc(N2CCc3nc(NC(=O)Cc4ccc(S(=O)O)cc4)sc3C2=O)cc1. The van der Waals surface area contributed by atoms with E-state index in [2.05, 4.69) is 43.2 Å². The Morgan fingerprint density at radius 2 is 1.82 bits per heavy atom. The van der Waals surface area contributed by atoms with Gasteiger partial charge in [-0.1, -0.05) is 56.4 Å². The average Bonchev–Trinajstić information content (AvgIpc) is 3.17. The van der Waals surface area contributed by atoms with Crippen LogP contribution >= 0.6 is 11.3 Å². The molecule has 1 aliphatic rings. The smallest absolute Gasteiger partial charge is 0.270 e. The number of anilines is 2. The summed E-state index contributed by atoms with van der Waals surface area (Å²) in [5.41, 5.74) is 3.52. The van der Waals surface area contributed by atoms with Gasteiger partial charge in [-0.15, -0.1) is 0 Å². The maximum Gasteiger partial charge on any atom is 0.270 e. The highest BCUT2D eigenvalue weighted by Gasteiger charge is 2.30. The Bertz CT molecular complexity index is 1210. The van der Waals surface area contributed by atoms with Crippen LogP contribution in [0.3, 0.4) is 0 Å². The van der Waals surface area contributed by atoms with Crippen molar-refractivity contribution < 1.29 is 18.4 Å². The molecule has 7 nitrogen and oxygen atoms in total. The summed E-state index contributed by atoms with van der Waals surface area (Å²) in [7, 11) is 0. The lowest BCUT2D eigenvalue weighted by Crippen LogP contribution is -2.36. The van der Waals surface area contributed by atoms with Gasteiger partial charge in [0, 0.05) is 18.7 Å². The third kappa shape index (κ3) is 5.21. The number of amides is 2. The maximum absolute atomic E-state index is 13.1. The lowest BCUT2D eigenvalue weighted by Gasteiger charge is -2.27. The van der Waals surface area contributed by atoms with Crippen LogP contribution in [-0.2, 0) is 34.1 Å². The second-order valence-electron chi connectivity index (χ2n) is 8.92. The molecule has 2 amide bonds. The minimum Gasteiger partial charge on any atom is -0.307 e. The topological polar surface area (TPSA) is 99.6 Å². The highest BCUT2D eigenvalue weighted by atomic mass is 32.2. The third-order valence-electron chi connectivity index (χ3n) is 5.49. The Labute approximate surface area is 199 Å². The van der Waals surface area contributed by atoms with E-state index in [1.165, 1.54) is 29.0 Å². The van der Waals surface area contributed by atoms with Gasteiger partial charge in [0.25, 0.3) is 5.91 Å². The van der Waals surface area contributed by atoms with E-state index in [9.17, 15) is 13.8 Å². The predicted molar refractivity (Wildman–Crippen MR) is 130 cm³/mol. The number of fused-ring (bicyclic) bond motifs is 1. The lowest BCUT2D eigenvalue weighted by atomic mass is 9.87. The Morgan fingerprint density at radius 3 is 2.42 bits per heavy atom. The van der Waals surface area contributed by atoms with Gasteiger partial charge in [-0.05, 0) is 40.8 Å². The normalized spacial score (nSPS) is 14.7. The molecule has 9 heteroatoms. The molecule has 1 aromatic heterocycles. The molecule has 2 N–H and O–H groups in total. The van der Waals surface area contributed by atoms with Crippen LogP contribution in [0, 0.1) is 0 Å². The van der Waals surface area contributed by atoms with Crippen molar-refractivity contribution in [1.29, 1.82) is 0 Å². The van der Waals surface area contributed by atoms with Crippen LogP contribution < -0.4 is 10.2 Å². The van der Waals surface area contributed by atoms with E-state index in [0.717, 1.165) is 5.69 Å². The zero-order valence-corrected chi connectivity index (χ0v) is 20.3. The first-order valence-electron chi connectivity index (χ1n) is 10.5. The first-order valence-corrected chi connectivity index (χ1v) is 12.5. The Balaban J connectivity index is 1.44. The van der Waals surface area contributed by atoms with Crippen molar-refractivity contribution in [2.24, 2.45) is 0 Å². The first kappa shape index (κ1) is 23.3. The molecule has 2 heterocycles.